The highest BCUT2D eigenvalue weighted by Gasteiger charge is 2.44. The molecule has 7 amide bonds. The fourth-order valence-electron chi connectivity index (χ4n) is 11.1. The van der Waals surface area contributed by atoms with Gasteiger partial charge in [-0.2, -0.15) is 0 Å². The fourth-order valence-corrected chi connectivity index (χ4v) is 11.1. The van der Waals surface area contributed by atoms with Crippen LogP contribution in [-0.2, 0) is 73.4 Å². The predicted molar refractivity (Wildman–Crippen MR) is 311 cm³/mol. The third kappa shape index (κ3) is 18.9. The number of rotatable bonds is 29. The molecule has 0 bridgehead atoms. The first-order valence-electron chi connectivity index (χ1n) is 29.3. The van der Waals surface area contributed by atoms with Gasteiger partial charge in [0.25, 0.3) is 11.8 Å². The Bertz CT molecular complexity index is 2640. The zero-order chi connectivity index (χ0) is 62.7. The number of aliphatic hydroxyl groups excluding tert-OH is 1. The SMILES string of the molecule is CC[C@H](C)[C@@H]([C@@H](CC(=O)N1CCC[C@H]1[C@H](OC)[C@@H](C)C(=O)N[C@H](C)[C@@H](O)c1ccccc1)OC)N(C)C(=O)[C@@H](CC(=O)[C@H](C(C)C)N(C)C(=O)OCc1ccc(NC(=O)O/C2=C/OCOCCC2)c(NCC(=O)ON2C(=O)CCC2=O)c1)C(C)C. The van der Waals surface area contributed by atoms with E-state index in [1.807, 2.05) is 45.9 Å². The molecule has 2 fully saturated rings. The van der Waals surface area contributed by atoms with Crippen LogP contribution in [0.2, 0.25) is 0 Å². The first-order chi connectivity index (χ1) is 40.4. The number of benzene rings is 2. The summed E-state index contributed by atoms with van der Waals surface area (Å²) in [5.41, 5.74) is 1.33. The summed E-state index contributed by atoms with van der Waals surface area (Å²) in [6.07, 6.45) is -0.496. The number of ether oxygens (including phenoxy) is 6. The highest BCUT2D eigenvalue weighted by Crippen LogP contribution is 2.32. The van der Waals surface area contributed by atoms with E-state index < -0.39 is 96.7 Å². The molecule has 0 aromatic heterocycles. The number of nitrogens with one attached hydrogen (secondary N) is 3. The van der Waals surface area contributed by atoms with Crippen LogP contribution in [0.25, 0.3) is 0 Å². The van der Waals surface area contributed by atoms with Gasteiger partial charge in [0, 0.05) is 66.5 Å². The highest BCUT2D eigenvalue weighted by molar-refractivity contribution is 6.02. The van der Waals surface area contributed by atoms with Crippen molar-refractivity contribution < 1.29 is 81.5 Å². The molecular weight excluding hydrogens is 1100 g/mol. The van der Waals surface area contributed by atoms with E-state index in [0.717, 1.165) is 0 Å². The van der Waals surface area contributed by atoms with Gasteiger partial charge in [0.1, 0.15) is 25.2 Å². The monoisotopic (exact) mass is 1190 g/mol. The van der Waals surface area contributed by atoms with E-state index in [4.69, 9.17) is 33.3 Å². The Labute approximate surface area is 498 Å². The van der Waals surface area contributed by atoms with Gasteiger partial charge in [0.15, 0.2) is 12.6 Å². The standard InChI is InChI=1S/C61H89N7O17/c1-13-38(6)55(49(79-11)31-52(72)67-27-17-22-47(67)57(80-12)39(7)58(75)63-40(8)56(74)42-19-15-14-16-20-42)65(9)59(76)44(36(2)3)30-48(69)54(37(4)5)66(10)61(78)83-33-41-23-24-45(64-60(77)84-43-21-18-28-81-35-82-34-43)46(29-41)62-32-53(73)85-68-50(70)25-26-51(68)71/h14-16,19-20,23-24,29,34,36-40,44,47,49,54-57,62,74H,13,17-18,21-22,25-28,30-33,35H2,1-12H3,(H,63,75)(H,64,77)/b43-34+/t38-,39+,40+,44-,47-,49+,54-,55-,56+,57+/m0/s1. The van der Waals surface area contributed by atoms with Gasteiger partial charge < -0.3 is 63.7 Å². The normalized spacial score (nSPS) is 19.3. The summed E-state index contributed by atoms with van der Waals surface area (Å²) in [4.78, 5) is 131. The van der Waals surface area contributed by atoms with Gasteiger partial charge in [-0.15, -0.1) is 5.06 Å². The van der Waals surface area contributed by atoms with E-state index in [0.29, 0.717) is 61.4 Å². The lowest BCUT2D eigenvalue weighted by Gasteiger charge is -2.41. The number of likely N-dealkylation sites (N-methyl/N-ethyl adjacent to an activating group) is 2. The largest absolute Gasteiger partial charge is 0.472 e. The minimum Gasteiger partial charge on any atom is -0.472 e. The number of carbonyl (C=O) groups is 9. The number of ketones is 1. The van der Waals surface area contributed by atoms with Crippen molar-refractivity contribution in [3.8, 4) is 0 Å². The lowest BCUT2D eigenvalue weighted by atomic mass is 9.83. The quantitative estimate of drug-likeness (QED) is 0.0605. The van der Waals surface area contributed by atoms with E-state index in [1.54, 1.807) is 62.7 Å². The summed E-state index contributed by atoms with van der Waals surface area (Å²) in [6.45, 7) is 14.6. The zero-order valence-corrected chi connectivity index (χ0v) is 51.3. The summed E-state index contributed by atoms with van der Waals surface area (Å²) in [5, 5.41) is 19.7. The van der Waals surface area contributed by atoms with Crippen LogP contribution in [0.1, 0.15) is 130 Å². The number of allylic oxidation sites excluding steroid dienone is 1. The Morgan fingerprint density at radius 3 is 2.16 bits per heavy atom. The van der Waals surface area contributed by atoms with Crippen molar-refractivity contribution in [2.45, 2.75) is 162 Å². The van der Waals surface area contributed by atoms with Crippen LogP contribution < -0.4 is 16.0 Å². The number of methoxy groups -OCH3 is 2. The van der Waals surface area contributed by atoms with Gasteiger partial charge in [-0.05, 0) is 67.2 Å². The number of imide groups is 1. The predicted octanol–water partition coefficient (Wildman–Crippen LogP) is 6.86. The third-order valence-electron chi connectivity index (χ3n) is 16.1. The van der Waals surface area contributed by atoms with E-state index in [9.17, 15) is 48.3 Å². The van der Waals surface area contributed by atoms with Crippen LogP contribution in [0.15, 0.2) is 60.6 Å². The lowest BCUT2D eigenvalue weighted by molar-refractivity contribution is -0.196. The van der Waals surface area contributed by atoms with Crippen molar-refractivity contribution >= 4 is 64.8 Å². The molecular formula is C61H89N7O17. The fraction of sp³-hybridized carbons (Fsp3) is 0.623. The van der Waals surface area contributed by atoms with Crippen LogP contribution >= 0.6 is 0 Å². The van der Waals surface area contributed by atoms with Crippen LogP contribution in [0, 0.1) is 29.6 Å². The number of hydroxylamine groups is 2. The summed E-state index contributed by atoms with van der Waals surface area (Å²) in [7, 11) is 6.12. The van der Waals surface area contributed by atoms with Crippen molar-refractivity contribution in [3.05, 3.63) is 71.7 Å². The molecule has 0 aliphatic carbocycles. The van der Waals surface area contributed by atoms with Crippen molar-refractivity contribution in [3.63, 3.8) is 0 Å². The second kappa shape index (κ2) is 32.9. The number of hydrogen-bond acceptors (Lipinski definition) is 18. The highest BCUT2D eigenvalue weighted by atomic mass is 16.7. The van der Waals surface area contributed by atoms with E-state index in [1.165, 1.54) is 44.6 Å². The minimum atomic E-state index is -1.02. The molecule has 2 saturated heterocycles. The van der Waals surface area contributed by atoms with Gasteiger partial charge in [0.05, 0.1) is 72.8 Å². The van der Waals surface area contributed by atoms with Crippen LogP contribution in [0.4, 0.5) is 21.0 Å². The summed E-state index contributed by atoms with van der Waals surface area (Å²) < 4.78 is 33.7. The van der Waals surface area contributed by atoms with E-state index >= 15 is 0 Å². The molecule has 10 atom stereocenters. The van der Waals surface area contributed by atoms with Crippen molar-refractivity contribution in [1.82, 2.24) is 25.1 Å². The topological polar surface area (TPSA) is 288 Å². The number of Topliss-reactive ketones (excluding diaryl/α,β-unsaturated/α-hetero) is 1. The Balaban J connectivity index is 1.25. The molecule has 0 saturated carbocycles. The number of amides is 7. The lowest BCUT2D eigenvalue weighted by Crippen LogP contribution is -2.55. The van der Waals surface area contributed by atoms with Crippen molar-refractivity contribution in [2.24, 2.45) is 29.6 Å². The average molecular weight is 1190 g/mol. The van der Waals surface area contributed by atoms with Gasteiger partial charge in [0.2, 0.25) is 17.7 Å². The molecule has 0 radical (unpaired) electrons. The Morgan fingerprint density at radius 2 is 1.53 bits per heavy atom. The number of likely N-dealkylation sites (tertiary alicyclic amines) is 1. The van der Waals surface area contributed by atoms with Gasteiger partial charge in [-0.3, -0.25) is 34.1 Å². The molecule has 470 valence electrons. The number of carbonyl (C=O) groups excluding carboxylic acids is 9. The first kappa shape index (κ1) is 68.6. The van der Waals surface area contributed by atoms with Gasteiger partial charge >= 0.3 is 18.2 Å². The minimum absolute atomic E-state index is 0.0152. The molecule has 3 aliphatic heterocycles. The summed E-state index contributed by atoms with van der Waals surface area (Å²) in [6, 6.07) is 10.9. The van der Waals surface area contributed by atoms with Crippen LogP contribution in [0.5, 0.6) is 0 Å². The summed E-state index contributed by atoms with van der Waals surface area (Å²) in [5.74, 6) is -5.75. The smallest absolute Gasteiger partial charge is 0.416 e. The second-order valence-corrected chi connectivity index (χ2v) is 22.8. The Kier molecular flexibility index (Phi) is 26.6. The van der Waals surface area contributed by atoms with Crippen LogP contribution in [0.3, 0.4) is 0 Å². The molecule has 5 rings (SSSR count). The Hall–Kier alpha value is -7.15. The molecule has 2 aromatic carbocycles. The maximum Gasteiger partial charge on any atom is 0.416 e. The molecule has 85 heavy (non-hydrogen) atoms. The molecule has 0 spiro atoms. The third-order valence-corrected chi connectivity index (χ3v) is 16.1. The van der Waals surface area contributed by atoms with Gasteiger partial charge in [-0.1, -0.05) is 91.3 Å². The van der Waals surface area contributed by atoms with Gasteiger partial charge in [-0.25, -0.2) is 14.4 Å². The van der Waals surface area contributed by atoms with E-state index in [2.05, 4.69) is 16.0 Å². The maximum absolute atomic E-state index is 14.9. The molecule has 4 N–H and O–H groups in total. The summed E-state index contributed by atoms with van der Waals surface area (Å²) >= 11 is 0. The number of hydrogen-bond donors (Lipinski definition) is 4. The van der Waals surface area contributed by atoms with Crippen molar-refractivity contribution in [1.29, 1.82) is 0 Å². The molecule has 24 heteroatoms. The average Bonchev–Trinajstić information content (AvgIpc) is 4.29. The molecule has 3 aliphatic rings. The molecule has 24 nitrogen and oxygen atoms in total. The molecule has 2 aromatic rings. The van der Waals surface area contributed by atoms with E-state index in [-0.39, 0.29) is 91.6 Å². The zero-order valence-electron chi connectivity index (χ0n) is 51.3. The molecule has 0 unspecified atom stereocenters. The molecule has 3 heterocycles. The maximum atomic E-state index is 14.9. The van der Waals surface area contributed by atoms with Crippen molar-refractivity contribution in [2.75, 3.05) is 65.4 Å². The number of aliphatic hydroxyl groups is 1. The number of anilines is 2. The number of nitrogens with zero attached hydrogens (tertiary/aromatic N) is 4. The Morgan fingerprint density at radius 1 is 0.835 bits per heavy atom. The van der Waals surface area contributed by atoms with Crippen LogP contribution in [-0.4, -0.2) is 170 Å². The second-order valence-electron chi connectivity index (χ2n) is 22.8. The first-order valence-corrected chi connectivity index (χ1v) is 29.3.